The van der Waals surface area contributed by atoms with Crippen molar-refractivity contribution in [1.29, 1.82) is 5.26 Å². The summed E-state index contributed by atoms with van der Waals surface area (Å²) in [5.41, 5.74) is 0. The molecule has 1 aliphatic heterocycles. The maximum Gasteiger partial charge on any atom is 0.0773 e. The summed E-state index contributed by atoms with van der Waals surface area (Å²) in [6.07, 6.45) is 2.04. The van der Waals surface area contributed by atoms with Crippen molar-refractivity contribution in [2.45, 2.75) is 32.9 Å². The summed E-state index contributed by atoms with van der Waals surface area (Å²) in [7, 11) is 0. The minimum Gasteiger partial charge on any atom is -0.198 e. The van der Waals surface area contributed by atoms with Crippen molar-refractivity contribution in [2.75, 3.05) is 0 Å². The standard InChI is InChI=1S/C7H9NS.C2H6/c1-5-3-7(4-8)6(2)9-5;1-2/h3,6-7H,1-2H3;1-2H3. The maximum atomic E-state index is 8.55. The van der Waals surface area contributed by atoms with E-state index < -0.39 is 0 Å². The van der Waals surface area contributed by atoms with Crippen LogP contribution in [-0.2, 0) is 0 Å². The van der Waals surface area contributed by atoms with Crippen molar-refractivity contribution >= 4 is 11.8 Å². The number of nitriles is 1. The lowest BCUT2D eigenvalue weighted by molar-refractivity contribution is 0.823. The topological polar surface area (TPSA) is 23.8 Å². The second kappa shape index (κ2) is 5.26. The van der Waals surface area contributed by atoms with E-state index in [0.717, 1.165) is 0 Å². The van der Waals surface area contributed by atoms with Crippen LogP contribution < -0.4 is 0 Å². The Bertz CT molecular complexity index is 178. The molecule has 0 bridgehead atoms. The molecule has 0 amide bonds. The smallest absolute Gasteiger partial charge is 0.0773 e. The second-order valence-electron chi connectivity index (χ2n) is 2.26. The third-order valence-corrected chi connectivity index (χ3v) is 2.61. The summed E-state index contributed by atoms with van der Waals surface area (Å²) in [5, 5.41) is 9.01. The lowest BCUT2D eigenvalue weighted by Gasteiger charge is -2.02. The predicted molar refractivity (Wildman–Crippen MR) is 51.3 cm³/mol. The van der Waals surface area contributed by atoms with Crippen molar-refractivity contribution < 1.29 is 0 Å². The van der Waals surface area contributed by atoms with Crippen LogP contribution in [0.5, 0.6) is 0 Å². The van der Waals surface area contributed by atoms with Crippen LogP contribution in [-0.4, -0.2) is 5.25 Å². The maximum absolute atomic E-state index is 8.55. The monoisotopic (exact) mass is 169 g/mol. The van der Waals surface area contributed by atoms with E-state index in [0.29, 0.717) is 5.25 Å². The van der Waals surface area contributed by atoms with Crippen LogP contribution in [0.3, 0.4) is 0 Å². The summed E-state index contributed by atoms with van der Waals surface area (Å²) in [5.74, 6) is 0.148. The molecule has 1 nitrogen and oxygen atoms in total. The molecule has 0 saturated heterocycles. The fraction of sp³-hybridized carbons (Fsp3) is 0.667. The molecule has 62 valence electrons. The van der Waals surface area contributed by atoms with Crippen LogP contribution >= 0.6 is 11.8 Å². The number of nitrogens with zero attached hydrogens (tertiary/aromatic N) is 1. The quantitative estimate of drug-likeness (QED) is 0.556. The molecule has 0 aromatic carbocycles. The van der Waals surface area contributed by atoms with Crippen molar-refractivity contribution in [2.24, 2.45) is 5.92 Å². The fourth-order valence-electron chi connectivity index (χ4n) is 0.936. The number of rotatable bonds is 0. The van der Waals surface area contributed by atoms with Gasteiger partial charge in [-0.25, -0.2) is 0 Å². The number of hydrogen-bond acceptors (Lipinski definition) is 2. The molecule has 1 aliphatic rings. The van der Waals surface area contributed by atoms with Gasteiger partial charge >= 0.3 is 0 Å². The Morgan fingerprint density at radius 3 is 2.27 bits per heavy atom. The zero-order valence-electron chi connectivity index (χ0n) is 7.59. The molecule has 0 N–H and O–H groups in total. The molecule has 0 fully saturated rings. The van der Waals surface area contributed by atoms with Gasteiger partial charge in [0.25, 0.3) is 0 Å². The van der Waals surface area contributed by atoms with Crippen molar-refractivity contribution in [1.82, 2.24) is 0 Å². The van der Waals surface area contributed by atoms with Crippen LogP contribution in [0.15, 0.2) is 11.0 Å². The van der Waals surface area contributed by atoms with Crippen molar-refractivity contribution in [3.8, 4) is 6.07 Å². The minimum atomic E-state index is 0.148. The lowest BCUT2D eigenvalue weighted by Crippen LogP contribution is -2.02. The molecule has 0 saturated carbocycles. The molecule has 0 aromatic heterocycles. The molecule has 0 spiro atoms. The second-order valence-corrected chi connectivity index (χ2v) is 3.88. The fourth-order valence-corrected chi connectivity index (χ4v) is 2.03. The van der Waals surface area contributed by atoms with Gasteiger partial charge in [-0.05, 0) is 11.8 Å². The SMILES string of the molecule is CC.CC1=CC(C#N)C(C)S1. The number of hydrogen-bond donors (Lipinski definition) is 0. The molecule has 0 radical (unpaired) electrons. The summed E-state index contributed by atoms with van der Waals surface area (Å²) >= 11 is 1.79. The van der Waals surface area contributed by atoms with Crippen LogP contribution in [0, 0.1) is 17.2 Å². The molecule has 2 atom stereocenters. The van der Waals surface area contributed by atoms with Crippen LogP contribution in [0.25, 0.3) is 0 Å². The Morgan fingerprint density at radius 1 is 1.55 bits per heavy atom. The Labute approximate surface area is 73.5 Å². The van der Waals surface area contributed by atoms with Gasteiger partial charge in [-0.3, -0.25) is 0 Å². The molecule has 0 aromatic rings. The number of thioether (sulfide) groups is 1. The highest BCUT2D eigenvalue weighted by molar-refractivity contribution is 8.03. The molecular formula is C9H15NS. The Balaban J connectivity index is 0.000000461. The van der Waals surface area contributed by atoms with E-state index in [1.807, 2.05) is 19.9 Å². The van der Waals surface area contributed by atoms with Gasteiger partial charge in [-0.1, -0.05) is 26.8 Å². The first-order valence-corrected chi connectivity index (χ1v) is 4.86. The van der Waals surface area contributed by atoms with Gasteiger partial charge in [0, 0.05) is 5.25 Å². The van der Waals surface area contributed by atoms with Gasteiger partial charge in [0.1, 0.15) is 0 Å². The highest BCUT2D eigenvalue weighted by atomic mass is 32.2. The molecule has 2 heteroatoms. The van der Waals surface area contributed by atoms with E-state index in [-0.39, 0.29) is 5.92 Å². The van der Waals surface area contributed by atoms with Gasteiger partial charge in [-0.2, -0.15) is 5.26 Å². The normalized spacial score (nSPS) is 28.1. The van der Waals surface area contributed by atoms with E-state index in [1.165, 1.54) is 4.91 Å². The first-order chi connectivity index (χ1) is 5.24. The van der Waals surface area contributed by atoms with Gasteiger partial charge < -0.3 is 0 Å². The van der Waals surface area contributed by atoms with E-state index in [9.17, 15) is 0 Å². The lowest BCUT2D eigenvalue weighted by atomic mass is 10.1. The zero-order chi connectivity index (χ0) is 8.85. The Morgan fingerprint density at radius 2 is 2.09 bits per heavy atom. The minimum absolute atomic E-state index is 0.148. The average molecular weight is 169 g/mol. The third-order valence-electron chi connectivity index (χ3n) is 1.44. The van der Waals surface area contributed by atoms with Gasteiger partial charge in [0.2, 0.25) is 0 Å². The third kappa shape index (κ3) is 2.98. The molecule has 2 unspecified atom stereocenters. The Kier molecular flexibility index (Phi) is 5.06. The van der Waals surface area contributed by atoms with Gasteiger partial charge in [0.05, 0.1) is 12.0 Å². The molecular weight excluding hydrogens is 154 g/mol. The average Bonchev–Trinajstić information content (AvgIpc) is 2.33. The summed E-state index contributed by atoms with van der Waals surface area (Å²) in [6.45, 7) is 8.14. The van der Waals surface area contributed by atoms with Gasteiger partial charge in [-0.15, -0.1) is 11.8 Å². The molecule has 0 aliphatic carbocycles. The van der Waals surface area contributed by atoms with Crippen LogP contribution in [0.4, 0.5) is 0 Å². The highest BCUT2D eigenvalue weighted by Gasteiger charge is 2.21. The molecule has 1 rings (SSSR count). The predicted octanol–water partition coefficient (Wildman–Crippen LogP) is 3.19. The summed E-state index contributed by atoms with van der Waals surface area (Å²) in [6, 6.07) is 2.25. The summed E-state index contributed by atoms with van der Waals surface area (Å²) < 4.78 is 0. The highest BCUT2D eigenvalue weighted by Crippen LogP contribution is 2.34. The molecule has 11 heavy (non-hydrogen) atoms. The van der Waals surface area contributed by atoms with E-state index in [1.54, 1.807) is 11.8 Å². The first kappa shape index (κ1) is 10.6. The molecule has 1 heterocycles. The van der Waals surface area contributed by atoms with E-state index in [4.69, 9.17) is 5.26 Å². The van der Waals surface area contributed by atoms with Crippen LogP contribution in [0.2, 0.25) is 0 Å². The Hall–Kier alpha value is -0.420. The first-order valence-electron chi connectivity index (χ1n) is 3.98. The van der Waals surface area contributed by atoms with Gasteiger partial charge in [0.15, 0.2) is 0 Å². The van der Waals surface area contributed by atoms with E-state index in [2.05, 4.69) is 19.9 Å². The summed E-state index contributed by atoms with van der Waals surface area (Å²) in [4.78, 5) is 1.29. The van der Waals surface area contributed by atoms with E-state index >= 15 is 0 Å². The largest absolute Gasteiger partial charge is 0.198 e. The zero-order valence-corrected chi connectivity index (χ0v) is 8.40. The van der Waals surface area contributed by atoms with Crippen molar-refractivity contribution in [3.63, 3.8) is 0 Å². The van der Waals surface area contributed by atoms with Crippen LogP contribution in [0.1, 0.15) is 27.7 Å². The van der Waals surface area contributed by atoms with Crippen molar-refractivity contribution in [3.05, 3.63) is 11.0 Å². The number of allylic oxidation sites excluding steroid dienone is 2.